The van der Waals surface area contributed by atoms with E-state index in [-0.39, 0.29) is 5.56 Å². The quantitative estimate of drug-likeness (QED) is 0.786. The third-order valence-corrected chi connectivity index (χ3v) is 3.96. The molecular formula is C15H13FINO. The second-order valence-corrected chi connectivity index (χ2v) is 5.56. The van der Waals surface area contributed by atoms with E-state index in [1.54, 1.807) is 12.1 Å². The number of benzene rings is 2. The zero-order chi connectivity index (χ0) is 14.0. The number of nitrogens with one attached hydrogen (secondary N) is 1. The highest BCUT2D eigenvalue weighted by Crippen LogP contribution is 2.18. The first-order chi connectivity index (χ1) is 8.97. The number of amides is 1. The van der Waals surface area contributed by atoms with E-state index in [4.69, 9.17) is 0 Å². The molecule has 0 atom stereocenters. The molecule has 0 aliphatic carbocycles. The molecule has 0 saturated carbocycles. The lowest BCUT2D eigenvalue weighted by Gasteiger charge is -2.08. The second kappa shape index (κ2) is 5.69. The monoisotopic (exact) mass is 369 g/mol. The molecule has 0 fully saturated rings. The van der Waals surface area contributed by atoms with E-state index >= 15 is 0 Å². The first-order valence-electron chi connectivity index (χ1n) is 5.81. The summed E-state index contributed by atoms with van der Waals surface area (Å²) in [7, 11) is 0. The minimum atomic E-state index is -0.509. The smallest absolute Gasteiger partial charge is 0.258 e. The lowest BCUT2D eigenvalue weighted by molar-refractivity contribution is 0.102. The van der Waals surface area contributed by atoms with Crippen molar-refractivity contribution in [1.29, 1.82) is 0 Å². The van der Waals surface area contributed by atoms with Crippen LogP contribution in [0, 0.1) is 23.2 Å². The Bertz CT molecular complexity index is 640. The van der Waals surface area contributed by atoms with Crippen molar-refractivity contribution in [3.63, 3.8) is 0 Å². The Morgan fingerprint density at radius 3 is 2.58 bits per heavy atom. The van der Waals surface area contributed by atoms with Gasteiger partial charge in [0.1, 0.15) is 5.82 Å². The Hall–Kier alpha value is -1.43. The molecule has 1 N–H and O–H groups in total. The first-order valence-corrected chi connectivity index (χ1v) is 6.89. The fourth-order valence-corrected chi connectivity index (χ4v) is 2.20. The molecule has 4 heteroatoms. The van der Waals surface area contributed by atoms with Crippen molar-refractivity contribution in [2.75, 3.05) is 5.32 Å². The first kappa shape index (κ1) is 14.0. The van der Waals surface area contributed by atoms with Gasteiger partial charge in [-0.2, -0.15) is 0 Å². The molecule has 0 unspecified atom stereocenters. The highest BCUT2D eigenvalue weighted by molar-refractivity contribution is 14.1. The summed E-state index contributed by atoms with van der Waals surface area (Å²) < 4.78 is 14.7. The van der Waals surface area contributed by atoms with Gasteiger partial charge < -0.3 is 5.32 Å². The molecule has 0 spiro atoms. The van der Waals surface area contributed by atoms with E-state index in [9.17, 15) is 9.18 Å². The van der Waals surface area contributed by atoms with Crippen LogP contribution in [0.15, 0.2) is 36.4 Å². The number of carbonyl (C=O) groups excluding carboxylic acids is 1. The molecule has 0 saturated heterocycles. The Kier molecular flexibility index (Phi) is 4.19. The van der Waals surface area contributed by atoms with Gasteiger partial charge in [0.25, 0.3) is 5.91 Å². The zero-order valence-corrected chi connectivity index (χ0v) is 12.8. The average Bonchev–Trinajstić information content (AvgIpc) is 2.36. The van der Waals surface area contributed by atoms with E-state index in [2.05, 4.69) is 27.9 Å². The van der Waals surface area contributed by atoms with Crippen LogP contribution in [-0.4, -0.2) is 5.91 Å². The summed E-state index contributed by atoms with van der Waals surface area (Å²) in [6.07, 6.45) is 0. The van der Waals surface area contributed by atoms with Crippen LogP contribution < -0.4 is 5.32 Å². The minimum absolute atomic E-state index is 0.0654. The molecule has 2 rings (SSSR count). The number of halogens is 2. The number of aryl methyl sites for hydroxylation is 2. The van der Waals surface area contributed by atoms with E-state index in [0.717, 1.165) is 14.7 Å². The summed E-state index contributed by atoms with van der Waals surface area (Å²) in [6.45, 7) is 3.82. The molecule has 0 aliphatic rings. The Balaban J connectivity index is 2.25. The molecular weight excluding hydrogens is 356 g/mol. The summed E-state index contributed by atoms with van der Waals surface area (Å²) in [6, 6.07) is 10.1. The van der Waals surface area contributed by atoms with Gasteiger partial charge in [-0.25, -0.2) is 4.39 Å². The van der Waals surface area contributed by atoms with Crippen molar-refractivity contribution < 1.29 is 9.18 Å². The van der Waals surface area contributed by atoms with E-state index in [1.807, 2.05) is 32.0 Å². The number of anilines is 1. The van der Waals surface area contributed by atoms with Crippen molar-refractivity contribution in [3.05, 3.63) is 62.5 Å². The number of rotatable bonds is 2. The van der Waals surface area contributed by atoms with Gasteiger partial charge in [-0.3, -0.25) is 4.79 Å². The molecule has 0 heterocycles. The van der Waals surface area contributed by atoms with Crippen molar-refractivity contribution >= 4 is 34.2 Å². The van der Waals surface area contributed by atoms with Gasteiger partial charge in [-0.05, 0) is 66.3 Å². The zero-order valence-electron chi connectivity index (χ0n) is 10.6. The number of carbonyl (C=O) groups is 1. The maximum absolute atomic E-state index is 13.6. The lowest BCUT2D eigenvalue weighted by Crippen LogP contribution is -2.14. The predicted molar refractivity (Wildman–Crippen MR) is 83.0 cm³/mol. The second-order valence-electron chi connectivity index (χ2n) is 4.40. The molecule has 2 aromatic rings. The van der Waals surface area contributed by atoms with Gasteiger partial charge in [-0.15, -0.1) is 0 Å². The van der Waals surface area contributed by atoms with E-state index in [1.165, 1.54) is 6.07 Å². The van der Waals surface area contributed by atoms with Crippen molar-refractivity contribution in [2.45, 2.75) is 13.8 Å². The van der Waals surface area contributed by atoms with Crippen LogP contribution in [0.2, 0.25) is 0 Å². The van der Waals surface area contributed by atoms with Crippen LogP contribution in [0.25, 0.3) is 0 Å². The highest BCUT2D eigenvalue weighted by Gasteiger charge is 2.12. The maximum Gasteiger partial charge on any atom is 0.258 e. The average molecular weight is 369 g/mol. The molecule has 1 amide bonds. The van der Waals surface area contributed by atoms with E-state index < -0.39 is 11.7 Å². The largest absolute Gasteiger partial charge is 0.322 e. The Morgan fingerprint density at radius 2 is 1.89 bits per heavy atom. The molecule has 19 heavy (non-hydrogen) atoms. The summed E-state index contributed by atoms with van der Waals surface area (Å²) >= 11 is 2.20. The minimum Gasteiger partial charge on any atom is -0.322 e. The molecule has 2 nitrogen and oxygen atoms in total. The maximum atomic E-state index is 13.6. The molecule has 2 aromatic carbocycles. The molecule has 0 aliphatic heterocycles. The summed E-state index contributed by atoms with van der Waals surface area (Å²) in [5.41, 5.74) is 2.72. The standard InChI is InChI=1S/C15H13FINO/c1-9-3-6-13(16)12(7-9)15(19)18-11-5-4-10(2)14(17)8-11/h3-8H,1-2H3,(H,18,19). The van der Waals surface area contributed by atoms with Gasteiger partial charge in [0.2, 0.25) is 0 Å². The van der Waals surface area contributed by atoms with Gasteiger partial charge in [0.05, 0.1) is 5.56 Å². The molecule has 98 valence electrons. The molecule has 0 radical (unpaired) electrons. The molecule has 0 aromatic heterocycles. The SMILES string of the molecule is Cc1ccc(F)c(C(=O)Nc2ccc(C)c(I)c2)c1. The normalized spacial score (nSPS) is 10.3. The Labute approximate surface area is 125 Å². The van der Waals surface area contributed by atoms with Gasteiger partial charge in [0.15, 0.2) is 0 Å². The van der Waals surface area contributed by atoms with Crippen molar-refractivity contribution in [1.82, 2.24) is 0 Å². The summed E-state index contributed by atoms with van der Waals surface area (Å²) in [5.74, 6) is -0.939. The van der Waals surface area contributed by atoms with Crippen LogP contribution in [0.1, 0.15) is 21.5 Å². The summed E-state index contributed by atoms with van der Waals surface area (Å²) in [4.78, 5) is 12.0. The van der Waals surface area contributed by atoms with Crippen LogP contribution in [-0.2, 0) is 0 Å². The Morgan fingerprint density at radius 1 is 1.16 bits per heavy atom. The third kappa shape index (κ3) is 3.32. The lowest BCUT2D eigenvalue weighted by atomic mass is 10.1. The highest BCUT2D eigenvalue weighted by atomic mass is 127. The van der Waals surface area contributed by atoms with Gasteiger partial charge >= 0.3 is 0 Å². The van der Waals surface area contributed by atoms with E-state index in [0.29, 0.717) is 5.69 Å². The fourth-order valence-electron chi connectivity index (χ4n) is 1.68. The van der Waals surface area contributed by atoms with Crippen molar-refractivity contribution in [2.24, 2.45) is 0 Å². The third-order valence-electron chi connectivity index (χ3n) is 2.80. The van der Waals surface area contributed by atoms with Crippen molar-refractivity contribution in [3.8, 4) is 0 Å². The van der Waals surface area contributed by atoms with Gasteiger partial charge in [0, 0.05) is 9.26 Å². The fraction of sp³-hybridized carbons (Fsp3) is 0.133. The van der Waals surface area contributed by atoms with Crippen LogP contribution in [0.3, 0.4) is 0 Å². The topological polar surface area (TPSA) is 29.1 Å². The number of hydrogen-bond donors (Lipinski definition) is 1. The van der Waals surface area contributed by atoms with Crippen LogP contribution in [0.5, 0.6) is 0 Å². The predicted octanol–water partition coefficient (Wildman–Crippen LogP) is 4.30. The number of hydrogen-bond acceptors (Lipinski definition) is 1. The molecule has 0 bridgehead atoms. The van der Waals surface area contributed by atoms with Crippen LogP contribution in [0.4, 0.5) is 10.1 Å². The summed E-state index contributed by atoms with van der Waals surface area (Å²) in [5, 5.41) is 2.71. The van der Waals surface area contributed by atoms with Crippen LogP contribution >= 0.6 is 22.6 Å². The van der Waals surface area contributed by atoms with Gasteiger partial charge in [-0.1, -0.05) is 17.7 Å².